The molecule has 14 heavy (non-hydrogen) atoms. The van der Waals surface area contributed by atoms with Crippen molar-refractivity contribution in [3.63, 3.8) is 0 Å². The van der Waals surface area contributed by atoms with Gasteiger partial charge in [-0.1, -0.05) is 23.3 Å². The summed E-state index contributed by atoms with van der Waals surface area (Å²) in [5, 5.41) is 3.28. The van der Waals surface area contributed by atoms with E-state index in [0.29, 0.717) is 0 Å². The largest absolute Gasteiger partial charge is 0.240 e. The van der Waals surface area contributed by atoms with Crippen LogP contribution in [-0.4, -0.2) is 15.5 Å². The average Bonchev–Trinajstić information content (AvgIpc) is 2.19. The summed E-state index contributed by atoms with van der Waals surface area (Å²) in [5.74, 6) is 0. The molecule has 0 amide bonds. The van der Waals surface area contributed by atoms with Gasteiger partial charge in [-0.15, -0.1) is 0 Å². The third kappa shape index (κ3) is 2.02. The first-order valence-corrected chi connectivity index (χ1v) is 5.18. The molecule has 0 aliphatic carbocycles. The first kappa shape index (κ1) is 10.5. The number of rotatable bonds is 3. The summed E-state index contributed by atoms with van der Waals surface area (Å²) < 4.78 is 24.9. The normalized spacial score (nSPS) is 10.6. The molecule has 0 aliphatic heterocycles. The minimum atomic E-state index is -3.57. The van der Waals surface area contributed by atoms with Gasteiger partial charge in [0.05, 0.1) is 10.6 Å². The van der Waals surface area contributed by atoms with Crippen molar-refractivity contribution in [3.05, 3.63) is 34.7 Å². The van der Waals surface area contributed by atoms with Gasteiger partial charge in [-0.05, 0) is 18.6 Å². The molecule has 0 unspecified atom stereocenters. The zero-order valence-electron chi connectivity index (χ0n) is 7.38. The quantitative estimate of drug-likeness (QED) is 0.467. The third-order valence-electron chi connectivity index (χ3n) is 1.58. The predicted molar refractivity (Wildman–Crippen MR) is 51.5 cm³/mol. The minimum absolute atomic E-state index is 0.0275. The summed E-state index contributed by atoms with van der Waals surface area (Å²) in [6.07, 6.45) is 0. The van der Waals surface area contributed by atoms with E-state index in [1.165, 1.54) is 19.2 Å². The van der Waals surface area contributed by atoms with Gasteiger partial charge in [0.1, 0.15) is 0 Å². The molecule has 0 atom stereocenters. The molecule has 0 saturated carbocycles. The van der Waals surface area contributed by atoms with Gasteiger partial charge in [0.2, 0.25) is 10.0 Å². The van der Waals surface area contributed by atoms with E-state index >= 15 is 0 Å². The van der Waals surface area contributed by atoms with Crippen LogP contribution in [0.5, 0.6) is 0 Å². The number of sulfonamides is 1. The van der Waals surface area contributed by atoms with Crippen LogP contribution in [0.15, 0.2) is 34.3 Å². The number of azide groups is 1. The smallest absolute Gasteiger partial charge is 0.214 e. The highest BCUT2D eigenvalue weighted by molar-refractivity contribution is 7.89. The highest BCUT2D eigenvalue weighted by atomic mass is 32.2. The summed E-state index contributed by atoms with van der Waals surface area (Å²) in [5.41, 5.74) is 8.31. The van der Waals surface area contributed by atoms with Gasteiger partial charge in [0, 0.05) is 4.91 Å². The van der Waals surface area contributed by atoms with E-state index in [1.807, 2.05) is 0 Å². The molecule has 0 saturated heterocycles. The summed E-state index contributed by atoms with van der Waals surface area (Å²) >= 11 is 0. The highest BCUT2D eigenvalue weighted by Crippen LogP contribution is 2.23. The fraction of sp³-hybridized carbons (Fsp3) is 0.143. The Balaban J connectivity index is 3.41. The molecule has 0 heterocycles. The van der Waals surface area contributed by atoms with Crippen molar-refractivity contribution in [3.8, 4) is 0 Å². The number of nitrogens with one attached hydrogen (secondary N) is 1. The zero-order chi connectivity index (χ0) is 10.6. The Labute approximate surface area is 81.2 Å². The lowest BCUT2D eigenvalue weighted by atomic mass is 10.3. The van der Waals surface area contributed by atoms with Crippen molar-refractivity contribution in [2.45, 2.75) is 4.90 Å². The Kier molecular flexibility index (Phi) is 3.08. The van der Waals surface area contributed by atoms with Gasteiger partial charge in [-0.3, -0.25) is 0 Å². The van der Waals surface area contributed by atoms with Gasteiger partial charge >= 0.3 is 0 Å². The monoisotopic (exact) mass is 212 g/mol. The van der Waals surface area contributed by atoms with Gasteiger partial charge in [-0.2, -0.15) is 0 Å². The van der Waals surface area contributed by atoms with E-state index in [4.69, 9.17) is 5.53 Å². The average molecular weight is 212 g/mol. The van der Waals surface area contributed by atoms with Crippen molar-refractivity contribution in [2.75, 3.05) is 7.05 Å². The lowest BCUT2D eigenvalue weighted by molar-refractivity contribution is 0.588. The van der Waals surface area contributed by atoms with Crippen LogP contribution < -0.4 is 4.72 Å². The Bertz CT molecular complexity index is 476. The lowest BCUT2D eigenvalue weighted by Gasteiger charge is -2.04. The first-order chi connectivity index (χ1) is 6.61. The third-order valence-corrected chi connectivity index (χ3v) is 3.04. The molecule has 0 fully saturated rings. The molecule has 0 aromatic heterocycles. The molecule has 6 nitrogen and oxygen atoms in total. The van der Waals surface area contributed by atoms with Gasteiger partial charge in [0.15, 0.2) is 0 Å². The molecule has 1 N–H and O–H groups in total. The molecular formula is C7H8N4O2S. The van der Waals surface area contributed by atoms with Gasteiger partial charge < -0.3 is 0 Å². The Morgan fingerprint density at radius 2 is 2.07 bits per heavy atom. The van der Waals surface area contributed by atoms with Gasteiger partial charge in [0.25, 0.3) is 0 Å². The van der Waals surface area contributed by atoms with Crippen molar-refractivity contribution < 1.29 is 8.42 Å². The topological polar surface area (TPSA) is 94.9 Å². The molecule has 7 heteroatoms. The van der Waals surface area contributed by atoms with Crippen molar-refractivity contribution in [1.82, 2.24) is 4.72 Å². The summed E-state index contributed by atoms with van der Waals surface area (Å²) in [4.78, 5) is 2.52. The molecule has 0 spiro atoms. The molecule has 1 rings (SSSR count). The van der Waals surface area contributed by atoms with Crippen LogP contribution in [-0.2, 0) is 10.0 Å². The molecule has 0 aliphatic rings. The van der Waals surface area contributed by atoms with Crippen LogP contribution in [0, 0.1) is 0 Å². The summed E-state index contributed by atoms with van der Waals surface area (Å²) in [6.45, 7) is 0. The fourth-order valence-electron chi connectivity index (χ4n) is 0.925. The maximum Gasteiger partial charge on any atom is 0.240 e. The van der Waals surface area contributed by atoms with Gasteiger partial charge in [-0.25, -0.2) is 13.1 Å². The van der Waals surface area contributed by atoms with Crippen LogP contribution in [0.2, 0.25) is 0 Å². The maximum absolute atomic E-state index is 11.4. The standard InChI is InChI=1S/C7H8N4O2S/c1-9-14(12,13)7-5-3-2-4-6(7)10-11-8/h2-5,9H,1H3. The fourth-order valence-corrected chi connectivity index (χ4v) is 1.79. The van der Waals surface area contributed by atoms with Crippen molar-refractivity contribution in [1.29, 1.82) is 0 Å². The van der Waals surface area contributed by atoms with E-state index in [-0.39, 0.29) is 10.6 Å². The highest BCUT2D eigenvalue weighted by Gasteiger charge is 2.14. The number of hydrogen-bond donors (Lipinski definition) is 1. The molecule has 0 radical (unpaired) electrons. The molecule has 74 valence electrons. The predicted octanol–water partition coefficient (Wildman–Crippen LogP) is 1.54. The van der Waals surface area contributed by atoms with E-state index in [1.54, 1.807) is 12.1 Å². The van der Waals surface area contributed by atoms with E-state index in [2.05, 4.69) is 14.7 Å². The summed E-state index contributed by atoms with van der Waals surface area (Å²) in [6, 6.07) is 5.96. The molecule has 0 bridgehead atoms. The second kappa shape index (κ2) is 4.10. The van der Waals surface area contributed by atoms with E-state index < -0.39 is 10.0 Å². The second-order valence-electron chi connectivity index (χ2n) is 2.36. The molecule has 1 aromatic rings. The molecule has 1 aromatic carbocycles. The van der Waals surface area contributed by atoms with Crippen LogP contribution in [0.3, 0.4) is 0 Å². The Hall–Kier alpha value is -1.56. The van der Waals surface area contributed by atoms with Crippen LogP contribution in [0.4, 0.5) is 5.69 Å². The SMILES string of the molecule is CNS(=O)(=O)c1ccccc1N=[N+]=[N-]. The van der Waals surface area contributed by atoms with E-state index in [9.17, 15) is 8.42 Å². The van der Waals surface area contributed by atoms with Crippen molar-refractivity contribution >= 4 is 15.7 Å². The van der Waals surface area contributed by atoms with Crippen LogP contribution in [0.25, 0.3) is 10.4 Å². The lowest BCUT2D eigenvalue weighted by Crippen LogP contribution is -2.18. The van der Waals surface area contributed by atoms with Crippen LogP contribution >= 0.6 is 0 Å². The Morgan fingerprint density at radius 3 is 2.64 bits per heavy atom. The zero-order valence-corrected chi connectivity index (χ0v) is 8.19. The first-order valence-electron chi connectivity index (χ1n) is 3.69. The molecular weight excluding hydrogens is 204 g/mol. The van der Waals surface area contributed by atoms with E-state index in [0.717, 1.165) is 0 Å². The maximum atomic E-state index is 11.4. The summed E-state index contributed by atoms with van der Waals surface area (Å²) in [7, 11) is -2.27. The number of benzene rings is 1. The van der Waals surface area contributed by atoms with Crippen molar-refractivity contribution in [2.24, 2.45) is 5.11 Å². The minimum Gasteiger partial charge on any atom is -0.214 e. The Morgan fingerprint density at radius 1 is 1.43 bits per heavy atom. The number of hydrogen-bond acceptors (Lipinski definition) is 3. The number of nitrogens with zero attached hydrogens (tertiary/aromatic N) is 3. The second-order valence-corrected chi connectivity index (χ2v) is 4.22. The van der Waals surface area contributed by atoms with Crippen LogP contribution in [0.1, 0.15) is 0 Å².